The number of unbranched alkanes of at least 4 members (excludes halogenated alkanes) is 2. The highest BCUT2D eigenvalue weighted by molar-refractivity contribution is 6.31. The Bertz CT molecular complexity index is 491. The minimum atomic E-state index is -1.11. The van der Waals surface area contributed by atoms with Crippen molar-refractivity contribution in [2.75, 3.05) is 18.9 Å². The van der Waals surface area contributed by atoms with E-state index in [0.717, 1.165) is 19.3 Å². The standard InChI is InChI=1S/C14H19ClN2O3/c1-3-4-5-8-17(2)14(20)16-12-9-10(15)6-7-11(12)13(18)19/h6-7,9H,3-5,8H2,1-2H3,(H,16,20)(H,18,19). The van der Waals surface area contributed by atoms with Gasteiger partial charge in [0.05, 0.1) is 11.3 Å². The van der Waals surface area contributed by atoms with Crippen molar-refractivity contribution in [3.8, 4) is 0 Å². The lowest BCUT2D eigenvalue weighted by atomic mass is 10.2. The second kappa shape index (κ2) is 7.75. The molecule has 1 rings (SSSR count). The summed E-state index contributed by atoms with van der Waals surface area (Å²) in [6, 6.07) is 3.94. The lowest BCUT2D eigenvalue weighted by molar-refractivity contribution is 0.0698. The summed E-state index contributed by atoms with van der Waals surface area (Å²) in [6.45, 7) is 2.72. The van der Waals surface area contributed by atoms with Crippen LogP contribution in [0, 0.1) is 0 Å². The number of carbonyl (C=O) groups excluding carboxylic acids is 1. The van der Waals surface area contributed by atoms with Crippen molar-refractivity contribution in [1.29, 1.82) is 0 Å². The molecule has 0 aliphatic heterocycles. The Morgan fingerprint density at radius 2 is 2.05 bits per heavy atom. The Labute approximate surface area is 123 Å². The first-order chi connectivity index (χ1) is 9.45. The number of carboxylic acids is 1. The number of halogens is 1. The highest BCUT2D eigenvalue weighted by atomic mass is 35.5. The van der Waals surface area contributed by atoms with E-state index in [9.17, 15) is 9.59 Å². The number of nitrogens with one attached hydrogen (secondary N) is 1. The molecule has 1 aromatic carbocycles. The number of benzene rings is 1. The van der Waals surface area contributed by atoms with Crippen molar-refractivity contribution in [2.45, 2.75) is 26.2 Å². The molecule has 20 heavy (non-hydrogen) atoms. The van der Waals surface area contributed by atoms with Crippen molar-refractivity contribution in [3.63, 3.8) is 0 Å². The first kappa shape index (κ1) is 16.3. The van der Waals surface area contributed by atoms with Crippen LogP contribution in [0.1, 0.15) is 36.5 Å². The molecule has 0 fully saturated rings. The van der Waals surface area contributed by atoms with Gasteiger partial charge in [-0.15, -0.1) is 0 Å². The Kier molecular flexibility index (Phi) is 6.31. The molecule has 2 amide bonds. The number of anilines is 1. The van der Waals surface area contributed by atoms with Crippen LogP contribution in [-0.4, -0.2) is 35.6 Å². The van der Waals surface area contributed by atoms with E-state index in [1.807, 2.05) is 0 Å². The number of amides is 2. The predicted octanol–water partition coefficient (Wildman–Crippen LogP) is 3.69. The van der Waals surface area contributed by atoms with Gasteiger partial charge in [-0.05, 0) is 24.6 Å². The Morgan fingerprint density at radius 3 is 2.65 bits per heavy atom. The number of rotatable bonds is 6. The van der Waals surface area contributed by atoms with E-state index >= 15 is 0 Å². The lowest BCUT2D eigenvalue weighted by Gasteiger charge is -2.18. The fourth-order valence-corrected chi connectivity index (χ4v) is 1.89. The average molecular weight is 299 g/mol. The second-order valence-electron chi connectivity index (χ2n) is 4.55. The molecule has 1 aromatic rings. The van der Waals surface area contributed by atoms with Crippen LogP contribution in [0.15, 0.2) is 18.2 Å². The minimum Gasteiger partial charge on any atom is -0.478 e. The second-order valence-corrected chi connectivity index (χ2v) is 4.99. The van der Waals surface area contributed by atoms with E-state index in [-0.39, 0.29) is 17.3 Å². The molecule has 6 heteroatoms. The molecule has 0 aromatic heterocycles. The van der Waals surface area contributed by atoms with Crippen molar-refractivity contribution < 1.29 is 14.7 Å². The molecular formula is C14H19ClN2O3. The van der Waals surface area contributed by atoms with Gasteiger partial charge in [0.15, 0.2) is 0 Å². The molecule has 0 spiro atoms. The molecule has 0 unspecified atom stereocenters. The number of hydrogen-bond acceptors (Lipinski definition) is 2. The summed E-state index contributed by atoms with van der Waals surface area (Å²) in [6.07, 6.45) is 3.05. The topological polar surface area (TPSA) is 69.6 Å². The van der Waals surface area contributed by atoms with Gasteiger partial charge >= 0.3 is 12.0 Å². The summed E-state index contributed by atoms with van der Waals surface area (Å²) in [5, 5.41) is 12.0. The van der Waals surface area contributed by atoms with Crippen molar-refractivity contribution in [2.24, 2.45) is 0 Å². The van der Waals surface area contributed by atoms with Crippen LogP contribution in [0.25, 0.3) is 0 Å². The molecule has 0 aliphatic rings. The van der Waals surface area contributed by atoms with Crippen molar-refractivity contribution in [3.05, 3.63) is 28.8 Å². The van der Waals surface area contributed by atoms with Crippen LogP contribution >= 0.6 is 11.6 Å². The van der Waals surface area contributed by atoms with E-state index < -0.39 is 5.97 Å². The van der Waals surface area contributed by atoms with E-state index in [1.165, 1.54) is 23.1 Å². The number of carboxylic acid groups (broad SMARTS) is 1. The molecule has 0 saturated heterocycles. The molecule has 0 heterocycles. The first-order valence-electron chi connectivity index (χ1n) is 6.50. The fraction of sp³-hybridized carbons (Fsp3) is 0.429. The Balaban J connectivity index is 2.74. The summed E-state index contributed by atoms with van der Waals surface area (Å²) in [4.78, 5) is 24.6. The van der Waals surface area contributed by atoms with Crippen molar-refractivity contribution in [1.82, 2.24) is 4.90 Å². The van der Waals surface area contributed by atoms with Gasteiger partial charge in [0.2, 0.25) is 0 Å². The zero-order valence-electron chi connectivity index (χ0n) is 11.6. The van der Waals surface area contributed by atoms with Gasteiger partial charge < -0.3 is 15.3 Å². The maximum atomic E-state index is 12.0. The summed E-state index contributed by atoms with van der Waals surface area (Å²) in [7, 11) is 1.68. The number of nitrogens with zero attached hydrogens (tertiary/aromatic N) is 1. The van der Waals surface area contributed by atoms with Gasteiger partial charge in [-0.2, -0.15) is 0 Å². The van der Waals surface area contributed by atoms with Gasteiger partial charge in [0.25, 0.3) is 0 Å². The number of urea groups is 1. The molecule has 0 atom stereocenters. The van der Waals surface area contributed by atoms with Crippen LogP contribution in [0.5, 0.6) is 0 Å². The van der Waals surface area contributed by atoms with Crippen LogP contribution in [-0.2, 0) is 0 Å². The zero-order valence-corrected chi connectivity index (χ0v) is 12.4. The van der Waals surface area contributed by atoms with Gasteiger partial charge in [0.1, 0.15) is 0 Å². The normalized spacial score (nSPS) is 10.2. The van der Waals surface area contributed by atoms with Gasteiger partial charge in [-0.3, -0.25) is 0 Å². The number of hydrogen-bond donors (Lipinski definition) is 2. The van der Waals surface area contributed by atoms with E-state index in [4.69, 9.17) is 16.7 Å². The predicted molar refractivity (Wildman–Crippen MR) is 79.6 cm³/mol. The van der Waals surface area contributed by atoms with Crippen LogP contribution < -0.4 is 5.32 Å². The highest BCUT2D eigenvalue weighted by Crippen LogP contribution is 2.21. The number of aromatic carboxylic acids is 1. The lowest BCUT2D eigenvalue weighted by Crippen LogP contribution is -2.32. The Morgan fingerprint density at radius 1 is 1.35 bits per heavy atom. The molecule has 2 N–H and O–H groups in total. The molecule has 0 saturated carbocycles. The number of carbonyl (C=O) groups is 2. The third-order valence-electron chi connectivity index (χ3n) is 2.90. The fourth-order valence-electron chi connectivity index (χ4n) is 1.72. The van der Waals surface area contributed by atoms with Gasteiger partial charge in [-0.25, -0.2) is 9.59 Å². The van der Waals surface area contributed by atoms with E-state index in [1.54, 1.807) is 7.05 Å². The largest absolute Gasteiger partial charge is 0.478 e. The van der Waals surface area contributed by atoms with E-state index in [0.29, 0.717) is 11.6 Å². The summed E-state index contributed by atoms with van der Waals surface area (Å²) < 4.78 is 0. The van der Waals surface area contributed by atoms with Crippen LogP contribution in [0.4, 0.5) is 10.5 Å². The SMILES string of the molecule is CCCCCN(C)C(=O)Nc1cc(Cl)ccc1C(=O)O. The monoisotopic (exact) mass is 298 g/mol. The molecular weight excluding hydrogens is 280 g/mol. The molecule has 0 radical (unpaired) electrons. The Hall–Kier alpha value is -1.75. The van der Waals surface area contributed by atoms with Gasteiger partial charge in [0, 0.05) is 18.6 Å². The average Bonchev–Trinajstić information content (AvgIpc) is 2.38. The smallest absolute Gasteiger partial charge is 0.337 e. The first-order valence-corrected chi connectivity index (χ1v) is 6.88. The molecule has 5 nitrogen and oxygen atoms in total. The highest BCUT2D eigenvalue weighted by Gasteiger charge is 2.15. The summed E-state index contributed by atoms with van der Waals surface area (Å²) in [5.41, 5.74) is 0.224. The van der Waals surface area contributed by atoms with Crippen molar-refractivity contribution >= 4 is 29.3 Å². The third kappa shape index (κ3) is 4.74. The maximum absolute atomic E-state index is 12.0. The third-order valence-corrected chi connectivity index (χ3v) is 3.13. The zero-order chi connectivity index (χ0) is 15.1. The molecule has 0 aliphatic carbocycles. The van der Waals surface area contributed by atoms with Gasteiger partial charge in [-0.1, -0.05) is 31.4 Å². The van der Waals surface area contributed by atoms with Crippen LogP contribution in [0.2, 0.25) is 5.02 Å². The molecule has 110 valence electrons. The maximum Gasteiger partial charge on any atom is 0.337 e. The molecule has 0 bridgehead atoms. The summed E-state index contributed by atoms with van der Waals surface area (Å²) >= 11 is 5.83. The quantitative estimate of drug-likeness (QED) is 0.787. The van der Waals surface area contributed by atoms with E-state index in [2.05, 4.69) is 12.2 Å². The van der Waals surface area contributed by atoms with Crippen LogP contribution in [0.3, 0.4) is 0 Å². The minimum absolute atomic E-state index is 0.0182. The summed E-state index contributed by atoms with van der Waals surface area (Å²) in [5.74, 6) is -1.11.